The van der Waals surface area contributed by atoms with Crippen molar-refractivity contribution >= 4 is 40.3 Å². The molecule has 2 aromatic rings. The maximum atomic E-state index is 12.6. The molecule has 4 rings (SSSR count). The van der Waals surface area contributed by atoms with Crippen LogP contribution in [0.1, 0.15) is 42.6 Å². The summed E-state index contributed by atoms with van der Waals surface area (Å²) in [6, 6.07) is 5.24. The van der Waals surface area contributed by atoms with E-state index in [4.69, 9.17) is 4.74 Å². The molecule has 0 bridgehead atoms. The van der Waals surface area contributed by atoms with Crippen LogP contribution in [-0.2, 0) is 20.7 Å². The highest BCUT2D eigenvalue weighted by Gasteiger charge is 2.53. The maximum Gasteiger partial charge on any atom is 0.330 e. The quantitative estimate of drug-likeness (QED) is 0.631. The summed E-state index contributed by atoms with van der Waals surface area (Å²) in [5.74, 6) is -0.241. The highest BCUT2D eigenvalue weighted by atomic mass is 32.2. The Balaban J connectivity index is 1.46. The number of rotatable bonds is 5. The number of Topliss-reactive ketones (excluding diaryl/α,β-unsaturated/α-hetero) is 1. The molecule has 1 aromatic heterocycles. The van der Waals surface area contributed by atoms with Gasteiger partial charge in [-0.05, 0) is 25.3 Å². The second-order valence-corrected chi connectivity index (χ2v) is 8.69. The Morgan fingerprint density at radius 3 is 3.00 bits per heavy atom. The van der Waals surface area contributed by atoms with Crippen molar-refractivity contribution in [2.75, 3.05) is 12.4 Å². The van der Waals surface area contributed by atoms with Gasteiger partial charge in [-0.3, -0.25) is 9.59 Å². The number of aryl methyl sites for hydroxylation is 1. The lowest BCUT2D eigenvalue weighted by Gasteiger charge is -2.29. The first-order chi connectivity index (χ1) is 12.9. The zero-order valence-electron chi connectivity index (χ0n) is 15.4. The zero-order valence-corrected chi connectivity index (χ0v) is 16.2. The standard InChI is InChI=1S/C20H22N2O4S/c1-3-12-5-4-6-13-14(9-21-18(12)13)16(23)10-26-19(25)15-11-27-20(2)8-7-17(24)22(15)20/h4-6,9,15,21H,3,7-8,10-11H2,1-2H3/t15-,20-/m0/s1. The van der Waals surface area contributed by atoms with Crippen molar-refractivity contribution in [2.45, 2.75) is 44.0 Å². The fraction of sp³-hybridized carbons (Fsp3) is 0.450. The third-order valence-electron chi connectivity index (χ3n) is 5.55. The predicted octanol–water partition coefficient (Wildman–Crippen LogP) is 2.91. The molecule has 1 aromatic carbocycles. The molecule has 0 saturated carbocycles. The molecule has 0 aliphatic carbocycles. The molecule has 1 N–H and O–H groups in total. The van der Waals surface area contributed by atoms with Gasteiger partial charge in [-0.15, -0.1) is 11.8 Å². The van der Waals surface area contributed by atoms with Gasteiger partial charge in [0.25, 0.3) is 0 Å². The molecule has 2 saturated heterocycles. The summed E-state index contributed by atoms with van der Waals surface area (Å²) in [6.07, 6.45) is 3.74. The minimum Gasteiger partial charge on any atom is -0.456 e. The van der Waals surface area contributed by atoms with Gasteiger partial charge in [0.1, 0.15) is 6.04 Å². The van der Waals surface area contributed by atoms with Crippen LogP contribution in [-0.4, -0.2) is 50.8 Å². The number of carbonyl (C=O) groups is 3. The third kappa shape index (κ3) is 2.94. The van der Waals surface area contributed by atoms with E-state index in [1.807, 2.05) is 25.1 Å². The molecule has 6 nitrogen and oxygen atoms in total. The lowest BCUT2D eigenvalue weighted by molar-refractivity contribution is -0.152. The minimum atomic E-state index is -0.600. The summed E-state index contributed by atoms with van der Waals surface area (Å²) in [5, 5.41) is 0.842. The molecule has 2 fully saturated rings. The number of fused-ring (bicyclic) bond motifs is 2. The molecular weight excluding hydrogens is 364 g/mol. The number of esters is 1. The molecule has 2 aliphatic rings. The monoisotopic (exact) mass is 386 g/mol. The van der Waals surface area contributed by atoms with Gasteiger partial charge < -0.3 is 14.6 Å². The van der Waals surface area contributed by atoms with E-state index >= 15 is 0 Å². The van der Waals surface area contributed by atoms with E-state index in [-0.39, 0.29) is 23.2 Å². The van der Waals surface area contributed by atoms with Crippen molar-refractivity contribution in [3.8, 4) is 0 Å². The van der Waals surface area contributed by atoms with E-state index < -0.39 is 12.0 Å². The van der Waals surface area contributed by atoms with Crippen molar-refractivity contribution in [1.29, 1.82) is 0 Å². The van der Waals surface area contributed by atoms with Crippen LogP contribution < -0.4 is 0 Å². The Labute approximate surface area is 161 Å². The number of ketones is 1. The van der Waals surface area contributed by atoms with Crippen LogP contribution in [0, 0.1) is 0 Å². The highest BCUT2D eigenvalue weighted by Crippen LogP contribution is 2.47. The second kappa shape index (κ2) is 6.71. The van der Waals surface area contributed by atoms with Crippen LogP contribution in [0.5, 0.6) is 0 Å². The van der Waals surface area contributed by atoms with E-state index in [9.17, 15) is 14.4 Å². The van der Waals surface area contributed by atoms with Crippen LogP contribution in [0.4, 0.5) is 0 Å². The molecule has 3 heterocycles. The van der Waals surface area contributed by atoms with Crippen molar-refractivity contribution in [2.24, 2.45) is 0 Å². The van der Waals surface area contributed by atoms with Gasteiger partial charge in [0.05, 0.1) is 4.87 Å². The van der Waals surface area contributed by atoms with Crippen LogP contribution in [0.25, 0.3) is 10.9 Å². The molecule has 7 heteroatoms. The number of hydrogen-bond donors (Lipinski definition) is 1. The fourth-order valence-electron chi connectivity index (χ4n) is 4.05. The number of aromatic nitrogens is 1. The summed E-state index contributed by atoms with van der Waals surface area (Å²) in [6.45, 7) is 3.73. The summed E-state index contributed by atoms with van der Waals surface area (Å²) >= 11 is 1.61. The minimum absolute atomic E-state index is 0.0144. The van der Waals surface area contributed by atoms with Crippen LogP contribution in [0.2, 0.25) is 0 Å². The van der Waals surface area contributed by atoms with Crippen LogP contribution in [0.3, 0.4) is 0 Å². The van der Waals surface area contributed by atoms with E-state index in [1.165, 1.54) is 0 Å². The maximum absolute atomic E-state index is 12.6. The molecule has 142 valence electrons. The van der Waals surface area contributed by atoms with Gasteiger partial charge >= 0.3 is 5.97 Å². The summed E-state index contributed by atoms with van der Waals surface area (Å²) in [7, 11) is 0. The summed E-state index contributed by atoms with van der Waals surface area (Å²) in [5.41, 5.74) is 2.61. The third-order valence-corrected chi connectivity index (χ3v) is 7.05. The van der Waals surface area contributed by atoms with Crippen molar-refractivity contribution in [3.63, 3.8) is 0 Å². The number of thioether (sulfide) groups is 1. The van der Waals surface area contributed by atoms with Gasteiger partial charge in [0.15, 0.2) is 6.61 Å². The number of hydrogen-bond acceptors (Lipinski definition) is 5. The molecule has 0 radical (unpaired) electrons. The Hall–Kier alpha value is -2.28. The SMILES string of the molecule is CCc1cccc2c(C(=O)COC(=O)[C@@H]3CS[C@@]4(C)CCC(=O)N34)c[nH]c12. The second-order valence-electron chi connectivity index (χ2n) is 7.19. The van der Waals surface area contributed by atoms with E-state index in [2.05, 4.69) is 11.9 Å². The van der Waals surface area contributed by atoms with Gasteiger partial charge in [-0.25, -0.2) is 4.79 Å². The van der Waals surface area contributed by atoms with Gasteiger partial charge in [-0.1, -0.05) is 25.1 Å². The predicted molar refractivity (Wildman–Crippen MR) is 104 cm³/mol. The number of amides is 1. The van der Waals surface area contributed by atoms with Gasteiger partial charge in [-0.2, -0.15) is 0 Å². The highest BCUT2D eigenvalue weighted by molar-refractivity contribution is 8.01. The average Bonchev–Trinajstić information content (AvgIpc) is 3.32. The largest absolute Gasteiger partial charge is 0.456 e. The van der Waals surface area contributed by atoms with Gasteiger partial charge in [0.2, 0.25) is 11.7 Å². The number of H-pyrrole nitrogens is 1. The number of ether oxygens (including phenoxy) is 1. The first-order valence-corrected chi connectivity index (χ1v) is 10.2. The van der Waals surface area contributed by atoms with E-state index in [0.717, 1.165) is 29.3 Å². The van der Waals surface area contributed by atoms with Crippen LogP contribution in [0.15, 0.2) is 24.4 Å². The average molecular weight is 386 g/mol. The summed E-state index contributed by atoms with van der Waals surface area (Å²) < 4.78 is 5.31. The number of nitrogens with zero attached hydrogens (tertiary/aromatic N) is 1. The first kappa shape index (κ1) is 18.1. The lowest BCUT2D eigenvalue weighted by Crippen LogP contribution is -2.46. The summed E-state index contributed by atoms with van der Waals surface area (Å²) in [4.78, 5) is 41.8. The smallest absolute Gasteiger partial charge is 0.330 e. The lowest BCUT2D eigenvalue weighted by atomic mass is 10.1. The number of benzene rings is 1. The Morgan fingerprint density at radius 2 is 2.22 bits per heavy atom. The normalized spacial score (nSPS) is 24.4. The number of carbonyl (C=O) groups excluding carboxylic acids is 3. The number of para-hydroxylation sites is 1. The topological polar surface area (TPSA) is 79.5 Å². The zero-order chi connectivity index (χ0) is 19.2. The van der Waals surface area contributed by atoms with E-state index in [0.29, 0.717) is 17.7 Å². The molecular formula is C20H22N2O4S. The molecule has 0 spiro atoms. The Kier molecular flexibility index (Phi) is 4.50. The fourth-order valence-corrected chi connectivity index (χ4v) is 5.46. The Bertz CT molecular complexity index is 937. The number of aromatic amines is 1. The molecule has 0 unspecified atom stereocenters. The number of nitrogens with one attached hydrogen (secondary N) is 1. The van der Waals surface area contributed by atoms with Gasteiger partial charge in [0, 0.05) is 34.8 Å². The van der Waals surface area contributed by atoms with Crippen LogP contribution >= 0.6 is 11.8 Å². The van der Waals surface area contributed by atoms with Crippen molar-refractivity contribution < 1.29 is 19.1 Å². The van der Waals surface area contributed by atoms with E-state index in [1.54, 1.807) is 22.9 Å². The molecule has 2 atom stereocenters. The first-order valence-electron chi connectivity index (χ1n) is 9.19. The molecule has 1 amide bonds. The van der Waals surface area contributed by atoms with Crippen molar-refractivity contribution in [1.82, 2.24) is 9.88 Å². The Morgan fingerprint density at radius 1 is 1.41 bits per heavy atom. The molecule has 27 heavy (non-hydrogen) atoms. The molecule has 2 aliphatic heterocycles. The van der Waals surface area contributed by atoms with Crippen molar-refractivity contribution in [3.05, 3.63) is 35.5 Å².